The zero-order chi connectivity index (χ0) is 34.1. The Labute approximate surface area is 284 Å². The molecule has 0 fully saturated rings. The van der Waals surface area contributed by atoms with Gasteiger partial charge in [0.2, 0.25) is 5.90 Å². The van der Waals surface area contributed by atoms with Crippen LogP contribution in [-0.4, -0.2) is 35.7 Å². The Kier molecular flexibility index (Phi) is 11.5. The van der Waals surface area contributed by atoms with Crippen molar-refractivity contribution in [1.82, 2.24) is 10.9 Å². The number of carbonyl (C=O) groups excluding carboxylic acids is 1. The van der Waals surface area contributed by atoms with Crippen LogP contribution in [0.4, 0.5) is 8.78 Å². The van der Waals surface area contributed by atoms with Gasteiger partial charge in [0.15, 0.2) is 11.6 Å². The highest BCUT2D eigenvalue weighted by molar-refractivity contribution is 6.35. The monoisotopic (exact) mass is 694 g/mol. The second-order valence-electron chi connectivity index (χ2n) is 10.8. The number of benzene rings is 4. The van der Waals surface area contributed by atoms with Crippen LogP contribution < -0.4 is 15.6 Å². The topological polar surface area (TPSA) is 141 Å². The van der Waals surface area contributed by atoms with Crippen LogP contribution in [0.25, 0.3) is 10.4 Å². The molecule has 0 aliphatic carbocycles. The summed E-state index contributed by atoms with van der Waals surface area (Å²) in [4.78, 5) is 22.3. The molecule has 5 rings (SSSR count). The lowest BCUT2D eigenvalue weighted by Crippen LogP contribution is -2.54. The van der Waals surface area contributed by atoms with Crippen molar-refractivity contribution in [2.45, 2.75) is 37.6 Å². The maximum absolute atomic E-state index is 14.5. The predicted molar refractivity (Wildman–Crippen MR) is 178 cm³/mol. The number of halogens is 4. The predicted octanol–water partition coefficient (Wildman–Crippen LogP) is 7.16. The van der Waals surface area contributed by atoms with Gasteiger partial charge in [-0.3, -0.25) is 10.2 Å². The number of aliphatic imine (C=N–C) groups is 1. The zero-order valence-corrected chi connectivity index (χ0v) is 26.9. The lowest BCUT2D eigenvalue weighted by Gasteiger charge is -2.32. The second-order valence-corrected chi connectivity index (χ2v) is 11.7. The molecule has 1 aliphatic rings. The lowest BCUT2D eigenvalue weighted by atomic mass is 9.81. The Morgan fingerprint density at radius 1 is 1.04 bits per heavy atom. The van der Waals surface area contributed by atoms with Crippen molar-refractivity contribution in [3.63, 3.8) is 0 Å². The fraction of sp³-hybridized carbons (Fsp3) is 0.235. The summed E-state index contributed by atoms with van der Waals surface area (Å²) < 4.78 is 40.4. The molecule has 2 atom stereocenters. The van der Waals surface area contributed by atoms with Crippen molar-refractivity contribution in [2.24, 2.45) is 10.1 Å². The molecule has 1 heterocycles. The molecular weight excluding hydrogens is 665 g/mol. The number of rotatable bonds is 14. The molecule has 0 unspecified atom stereocenters. The summed E-state index contributed by atoms with van der Waals surface area (Å²) in [6.45, 7) is 0.110. The summed E-state index contributed by atoms with van der Waals surface area (Å²) in [6.07, 6.45) is -0.667. The molecule has 1 amide bonds. The summed E-state index contributed by atoms with van der Waals surface area (Å²) in [5.41, 5.74) is 14.9. The molecule has 3 N–H and O–H groups in total. The van der Waals surface area contributed by atoms with E-state index in [1.54, 1.807) is 60.7 Å². The molecular formula is C34H30Cl2F2N6O4. The number of hydrazine groups is 1. The summed E-state index contributed by atoms with van der Waals surface area (Å²) in [5, 5.41) is 13.4. The van der Waals surface area contributed by atoms with Crippen LogP contribution >= 0.6 is 23.2 Å². The molecule has 4 aromatic carbocycles. The number of hydrogen-bond donors (Lipinski definition) is 3. The van der Waals surface area contributed by atoms with Crippen molar-refractivity contribution < 1.29 is 28.2 Å². The van der Waals surface area contributed by atoms with Gasteiger partial charge in [0.1, 0.15) is 17.4 Å². The van der Waals surface area contributed by atoms with Gasteiger partial charge in [-0.1, -0.05) is 58.6 Å². The molecule has 248 valence electrons. The first-order valence-corrected chi connectivity index (χ1v) is 15.6. The van der Waals surface area contributed by atoms with Gasteiger partial charge in [0.25, 0.3) is 5.91 Å². The van der Waals surface area contributed by atoms with E-state index in [2.05, 4.69) is 20.9 Å². The number of nitrogens with zero attached hydrogens (tertiary/aromatic N) is 4. The molecule has 0 aromatic heterocycles. The second kappa shape index (κ2) is 15.9. The quantitative estimate of drug-likeness (QED) is 0.0422. The van der Waals surface area contributed by atoms with Gasteiger partial charge >= 0.3 is 0 Å². The van der Waals surface area contributed by atoms with E-state index in [4.69, 9.17) is 48.3 Å². The first-order valence-electron chi connectivity index (χ1n) is 14.8. The van der Waals surface area contributed by atoms with Crippen LogP contribution in [0.5, 0.6) is 5.75 Å². The Bertz CT molecular complexity index is 1860. The number of aliphatic hydroxyl groups is 1. The summed E-state index contributed by atoms with van der Waals surface area (Å²) in [6, 6.07) is 21.8. The molecule has 4 aromatic rings. The average Bonchev–Trinajstić information content (AvgIpc) is 3.46. The number of hydrogen-bond acceptors (Lipinski definition) is 7. The molecule has 0 saturated carbocycles. The van der Waals surface area contributed by atoms with Gasteiger partial charge in [0.05, 0.1) is 13.2 Å². The number of aliphatic hydroxyl groups excluding tert-OH is 1. The van der Waals surface area contributed by atoms with E-state index < -0.39 is 29.2 Å². The van der Waals surface area contributed by atoms with Crippen molar-refractivity contribution in [3.8, 4) is 5.75 Å². The van der Waals surface area contributed by atoms with Crippen LogP contribution in [0, 0.1) is 11.6 Å². The van der Waals surface area contributed by atoms with E-state index in [1.165, 1.54) is 6.07 Å². The van der Waals surface area contributed by atoms with E-state index in [9.17, 15) is 13.6 Å². The molecule has 0 radical (unpaired) electrons. The fourth-order valence-corrected chi connectivity index (χ4v) is 5.77. The van der Waals surface area contributed by atoms with Crippen molar-refractivity contribution in [2.75, 3.05) is 13.2 Å². The maximum Gasteiger partial charge on any atom is 0.266 e. The van der Waals surface area contributed by atoms with Crippen molar-refractivity contribution >= 4 is 35.0 Å². The van der Waals surface area contributed by atoms with E-state index in [-0.39, 0.29) is 42.6 Å². The number of ether oxygens (including phenoxy) is 2. The first kappa shape index (κ1) is 34.6. The Morgan fingerprint density at radius 3 is 2.54 bits per heavy atom. The number of nitrogens with one attached hydrogen (secondary N) is 2. The summed E-state index contributed by atoms with van der Waals surface area (Å²) in [7, 11) is 0. The van der Waals surface area contributed by atoms with Gasteiger partial charge in [0, 0.05) is 57.6 Å². The van der Waals surface area contributed by atoms with Crippen LogP contribution in [0.3, 0.4) is 0 Å². The van der Waals surface area contributed by atoms with Crippen molar-refractivity contribution in [3.05, 3.63) is 145 Å². The third-order valence-electron chi connectivity index (χ3n) is 7.65. The highest BCUT2D eigenvalue weighted by Gasteiger charge is 2.54. The van der Waals surface area contributed by atoms with Gasteiger partial charge < -0.3 is 14.6 Å². The van der Waals surface area contributed by atoms with Crippen LogP contribution in [0.1, 0.15) is 40.3 Å². The maximum atomic E-state index is 14.5. The van der Waals surface area contributed by atoms with Gasteiger partial charge in [-0.2, -0.15) is 0 Å². The average molecular weight is 696 g/mol. The van der Waals surface area contributed by atoms with Crippen molar-refractivity contribution in [1.29, 1.82) is 0 Å². The Balaban J connectivity index is 1.59. The molecule has 0 spiro atoms. The van der Waals surface area contributed by atoms with Gasteiger partial charge in [-0.25, -0.2) is 19.2 Å². The SMILES string of the molecule is [N-]=[N+]=NCc1ccccc1C[C@]1(C(=O)NNCc2cc(F)ccc2F)N=C(c2ccc(OCCCO)cc2)O[C@H]1c1ccc(Cl)cc1Cl. The largest absolute Gasteiger partial charge is 0.494 e. The Morgan fingerprint density at radius 2 is 1.81 bits per heavy atom. The highest BCUT2D eigenvalue weighted by atomic mass is 35.5. The fourth-order valence-electron chi connectivity index (χ4n) is 5.26. The zero-order valence-electron chi connectivity index (χ0n) is 25.4. The van der Waals surface area contributed by atoms with E-state index >= 15 is 0 Å². The van der Waals surface area contributed by atoms with Crippen LogP contribution in [0.2, 0.25) is 10.0 Å². The van der Waals surface area contributed by atoms with Gasteiger partial charge in [-0.05, 0) is 71.3 Å². The minimum atomic E-state index is -1.73. The normalized spacial score (nSPS) is 16.9. The number of azide groups is 1. The first-order chi connectivity index (χ1) is 23.2. The summed E-state index contributed by atoms with van der Waals surface area (Å²) in [5.74, 6) is -1.25. The minimum Gasteiger partial charge on any atom is -0.494 e. The van der Waals surface area contributed by atoms with E-state index in [0.717, 1.165) is 18.2 Å². The minimum absolute atomic E-state index is 0.000450. The number of amides is 1. The number of carbonyl (C=O) groups is 1. The highest BCUT2D eigenvalue weighted by Crippen LogP contribution is 2.45. The summed E-state index contributed by atoms with van der Waals surface area (Å²) >= 11 is 12.9. The third-order valence-corrected chi connectivity index (χ3v) is 8.21. The Hall–Kier alpha value is -4.71. The van der Waals surface area contributed by atoms with Crippen LogP contribution in [-0.2, 0) is 29.0 Å². The van der Waals surface area contributed by atoms with E-state index in [0.29, 0.717) is 46.1 Å². The van der Waals surface area contributed by atoms with Crippen LogP contribution in [0.15, 0.2) is 95.0 Å². The molecule has 14 heteroatoms. The standard InChI is InChI=1S/C34H30Cl2F2N6O4/c35-25-8-12-28(29(36)17-25)31-34(18-22-4-1-2-5-23(22)19-41-44-39,33(46)43-40-20-24-16-26(37)9-13-30(24)38)42-32(48-31)21-6-10-27(11-7-21)47-15-3-14-45/h1-2,4-13,16-17,31,40,45H,3,14-15,18-20H2,(H,43,46)/t31-,34-/m0/s1. The van der Waals surface area contributed by atoms with Gasteiger partial charge in [-0.15, -0.1) is 0 Å². The third kappa shape index (κ3) is 8.04. The lowest BCUT2D eigenvalue weighted by molar-refractivity contribution is -0.130. The van der Waals surface area contributed by atoms with E-state index in [1.807, 2.05) is 0 Å². The molecule has 10 nitrogen and oxygen atoms in total. The molecule has 0 saturated heterocycles. The molecule has 1 aliphatic heterocycles. The molecule has 0 bridgehead atoms. The molecule has 48 heavy (non-hydrogen) atoms. The smallest absolute Gasteiger partial charge is 0.266 e.